The zero-order valence-corrected chi connectivity index (χ0v) is 11.3. The summed E-state index contributed by atoms with van der Waals surface area (Å²) in [6.45, 7) is 3.93. The first-order valence-corrected chi connectivity index (χ1v) is 6.86. The first-order valence-electron chi connectivity index (χ1n) is 6.86. The highest BCUT2D eigenvalue weighted by molar-refractivity contribution is 5.84. The fraction of sp³-hybridized carbons (Fsp3) is 0.857. The molecular weight excluding hydrogens is 230 g/mol. The van der Waals surface area contributed by atoms with E-state index in [1.54, 1.807) is 13.8 Å². The maximum absolute atomic E-state index is 11.8. The van der Waals surface area contributed by atoms with Crippen molar-refractivity contribution in [3.8, 4) is 0 Å². The third-order valence-electron chi connectivity index (χ3n) is 4.61. The van der Waals surface area contributed by atoms with Gasteiger partial charge in [-0.2, -0.15) is 0 Å². The molecule has 2 rings (SSSR count). The number of carboxylic acid groups (broad SMARTS) is 1. The normalized spacial score (nSPS) is 22.1. The van der Waals surface area contributed by atoms with E-state index < -0.39 is 11.4 Å². The fourth-order valence-corrected chi connectivity index (χ4v) is 2.87. The van der Waals surface area contributed by atoms with Crippen molar-refractivity contribution >= 4 is 11.9 Å². The van der Waals surface area contributed by atoms with Gasteiger partial charge in [-0.3, -0.25) is 9.59 Å². The molecule has 4 heteroatoms. The third-order valence-corrected chi connectivity index (χ3v) is 4.61. The van der Waals surface area contributed by atoms with Crippen molar-refractivity contribution in [2.24, 2.45) is 16.7 Å². The zero-order valence-electron chi connectivity index (χ0n) is 11.3. The Labute approximate surface area is 108 Å². The standard InChI is InChI=1S/C14H23NO3/c1-13(2,12(17)18)8-11(16)15-9-14(6-3-7-14)10-4-5-10/h10H,3-9H2,1-2H3,(H,15,16)(H,17,18). The lowest BCUT2D eigenvalue weighted by atomic mass is 9.65. The van der Waals surface area contributed by atoms with Gasteiger partial charge in [0.05, 0.1) is 5.41 Å². The van der Waals surface area contributed by atoms with Gasteiger partial charge in [-0.25, -0.2) is 0 Å². The summed E-state index contributed by atoms with van der Waals surface area (Å²) in [4.78, 5) is 22.8. The molecule has 102 valence electrons. The molecule has 0 radical (unpaired) electrons. The van der Waals surface area contributed by atoms with Crippen LogP contribution in [-0.4, -0.2) is 23.5 Å². The molecule has 2 N–H and O–H groups in total. The Morgan fingerprint density at radius 2 is 1.94 bits per heavy atom. The lowest BCUT2D eigenvalue weighted by molar-refractivity contribution is -0.149. The Morgan fingerprint density at radius 1 is 1.33 bits per heavy atom. The van der Waals surface area contributed by atoms with E-state index in [4.69, 9.17) is 5.11 Å². The van der Waals surface area contributed by atoms with Crippen LogP contribution in [-0.2, 0) is 9.59 Å². The number of amides is 1. The molecule has 1 amide bonds. The molecular formula is C14H23NO3. The zero-order chi connectivity index (χ0) is 13.4. The van der Waals surface area contributed by atoms with E-state index in [9.17, 15) is 9.59 Å². The Kier molecular flexibility index (Phi) is 3.39. The van der Waals surface area contributed by atoms with Crippen molar-refractivity contribution < 1.29 is 14.7 Å². The number of carbonyl (C=O) groups excluding carboxylic acids is 1. The highest BCUT2D eigenvalue weighted by Gasteiger charge is 2.49. The summed E-state index contributed by atoms with van der Waals surface area (Å²) in [5, 5.41) is 11.9. The Hall–Kier alpha value is -1.06. The number of nitrogens with one attached hydrogen (secondary N) is 1. The summed E-state index contributed by atoms with van der Waals surface area (Å²) in [6.07, 6.45) is 6.38. The van der Waals surface area contributed by atoms with Crippen molar-refractivity contribution in [1.82, 2.24) is 5.32 Å². The predicted molar refractivity (Wildman–Crippen MR) is 68.1 cm³/mol. The monoisotopic (exact) mass is 253 g/mol. The molecule has 0 saturated heterocycles. The van der Waals surface area contributed by atoms with E-state index in [0.29, 0.717) is 5.41 Å². The lowest BCUT2D eigenvalue weighted by Gasteiger charge is -2.42. The van der Waals surface area contributed by atoms with Gasteiger partial charge < -0.3 is 10.4 Å². The SMILES string of the molecule is CC(C)(CC(=O)NCC1(C2CC2)CCC1)C(=O)O. The molecule has 0 aliphatic heterocycles. The predicted octanol–water partition coefficient (Wildman–Crippen LogP) is 2.18. The minimum absolute atomic E-state index is 0.0586. The van der Waals surface area contributed by atoms with Crippen LogP contribution in [0.4, 0.5) is 0 Å². The van der Waals surface area contributed by atoms with Gasteiger partial charge in [0, 0.05) is 13.0 Å². The van der Waals surface area contributed by atoms with Crippen molar-refractivity contribution in [3.05, 3.63) is 0 Å². The molecule has 2 aliphatic carbocycles. The smallest absolute Gasteiger partial charge is 0.309 e. The van der Waals surface area contributed by atoms with Crippen molar-refractivity contribution in [1.29, 1.82) is 0 Å². The van der Waals surface area contributed by atoms with Gasteiger partial charge in [-0.1, -0.05) is 6.42 Å². The average Bonchev–Trinajstić information content (AvgIpc) is 2.99. The minimum Gasteiger partial charge on any atom is -0.481 e. The van der Waals surface area contributed by atoms with Crippen LogP contribution in [0.3, 0.4) is 0 Å². The number of hydrogen-bond acceptors (Lipinski definition) is 2. The molecule has 0 heterocycles. The molecule has 2 saturated carbocycles. The van der Waals surface area contributed by atoms with Crippen LogP contribution in [0.2, 0.25) is 0 Å². The number of carboxylic acids is 1. The summed E-state index contributed by atoms with van der Waals surface area (Å²) >= 11 is 0. The second-order valence-electron chi connectivity index (χ2n) is 6.63. The second kappa shape index (κ2) is 4.56. The van der Waals surface area contributed by atoms with Gasteiger partial charge in [0.15, 0.2) is 0 Å². The second-order valence-corrected chi connectivity index (χ2v) is 6.63. The van der Waals surface area contributed by atoms with Crippen LogP contribution < -0.4 is 5.32 Å². The minimum atomic E-state index is -0.976. The number of carbonyl (C=O) groups is 2. The highest BCUT2D eigenvalue weighted by atomic mass is 16.4. The molecule has 2 aliphatic rings. The molecule has 0 aromatic carbocycles. The van der Waals surface area contributed by atoms with Gasteiger partial charge in [-0.15, -0.1) is 0 Å². The summed E-state index contributed by atoms with van der Waals surface area (Å²) in [6, 6.07) is 0. The van der Waals surface area contributed by atoms with Gasteiger partial charge in [0.1, 0.15) is 0 Å². The van der Waals surface area contributed by atoms with Gasteiger partial charge >= 0.3 is 5.97 Å². The molecule has 18 heavy (non-hydrogen) atoms. The molecule has 0 spiro atoms. The molecule has 0 bridgehead atoms. The van der Waals surface area contributed by atoms with Crippen LogP contribution in [0.1, 0.15) is 52.4 Å². The Bertz CT molecular complexity index is 354. The van der Waals surface area contributed by atoms with E-state index in [2.05, 4.69) is 5.32 Å². The Balaban J connectivity index is 1.79. The van der Waals surface area contributed by atoms with Crippen LogP contribution in [0.15, 0.2) is 0 Å². The first-order chi connectivity index (χ1) is 8.36. The molecule has 0 aromatic rings. The first kappa shape index (κ1) is 13.4. The lowest BCUT2D eigenvalue weighted by Crippen LogP contribution is -2.45. The topological polar surface area (TPSA) is 66.4 Å². The maximum Gasteiger partial charge on any atom is 0.309 e. The Morgan fingerprint density at radius 3 is 2.33 bits per heavy atom. The van der Waals surface area contributed by atoms with Crippen molar-refractivity contribution in [2.75, 3.05) is 6.54 Å². The summed E-state index contributed by atoms with van der Waals surface area (Å²) in [5.74, 6) is -0.244. The molecule has 0 atom stereocenters. The highest BCUT2D eigenvalue weighted by Crippen LogP contribution is 2.56. The molecule has 0 unspecified atom stereocenters. The quantitative estimate of drug-likeness (QED) is 0.762. The molecule has 4 nitrogen and oxygen atoms in total. The number of rotatable bonds is 6. The average molecular weight is 253 g/mol. The van der Waals surface area contributed by atoms with Crippen molar-refractivity contribution in [2.45, 2.75) is 52.4 Å². The number of hydrogen-bond donors (Lipinski definition) is 2. The molecule has 0 aromatic heterocycles. The largest absolute Gasteiger partial charge is 0.481 e. The molecule has 2 fully saturated rings. The van der Waals surface area contributed by atoms with Crippen LogP contribution in [0.5, 0.6) is 0 Å². The van der Waals surface area contributed by atoms with E-state index in [0.717, 1.165) is 12.5 Å². The summed E-state index contributed by atoms with van der Waals surface area (Å²) in [7, 11) is 0. The van der Waals surface area contributed by atoms with Crippen LogP contribution in [0.25, 0.3) is 0 Å². The van der Waals surface area contributed by atoms with E-state index in [-0.39, 0.29) is 12.3 Å². The van der Waals surface area contributed by atoms with Crippen molar-refractivity contribution in [3.63, 3.8) is 0 Å². The number of aliphatic carboxylic acids is 1. The van der Waals surface area contributed by atoms with Gasteiger partial charge in [-0.05, 0) is 50.9 Å². The van der Waals surface area contributed by atoms with Gasteiger partial charge in [0.25, 0.3) is 0 Å². The third kappa shape index (κ3) is 2.68. The van der Waals surface area contributed by atoms with E-state index in [1.807, 2.05) is 0 Å². The maximum atomic E-state index is 11.8. The van der Waals surface area contributed by atoms with Gasteiger partial charge in [0.2, 0.25) is 5.91 Å². The van der Waals surface area contributed by atoms with Crippen LogP contribution >= 0.6 is 0 Å². The fourth-order valence-electron chi connectivity index (χ4n) is 2.87. The summed E-state index contributed by atoms with van der Waals surface area (Å²) in [5.41, 5.74) is -0.626. The summed E-state index contributed by atoms with van der Waals surface area (Å²) < 4.78 is 0. The van der Waals surface area contributed by atoms with Crippen LogP contribution in [0, 0.1) is 16.7 Å². The van der Waals surface area contributed by atoms with E-state index >= 15 is 0 Å². The van der Waals surface area contributed by atoms with E-state index in [1.165, 1.54) is 32.1 Å².